The molecule has 0 saturated carbocycles. The first-order chi connectivity index (χ1) is 11.9. The van der Waals surface area contributed by atoms with Gasteiger partial charge in [-0.1, -0.05) is 29.8 Å². The molecule has 0 unspecified atom stereocenters. The van der Waals surface area contributed by atoms with Crippen LogP contribution in [-0.2, 0) is 11.2 Å². The molecule has 134 valence electrons. The molecule has 2 rings (SSSR count). The number of aliphatic hydroxyl groups is 1. The molecule has 1 N–H and O–H groups in total. The van der Waals surface area contributed by atoms with Crippen LogP contribution in [-0.4, -0.2) is 29.7 Å². The van der Waals surface area contributed by atoms with Crippen molar-refractivity contribution < 1.29 is 19.4 Å². The van der Waals surface area contributed by atoms with Crippen molar-refractivity contribution in [2.24, 2.45) is 0 Å². The molecule has 0 aromatic heterocycles. The van der Waals surface area contributed by atoms with E-state index in [1.54, 1.807) is 13.8 Å². The standard InChI is InChI=1S/C21H26O4/c1-16-6-10-18(11-7-16)24-15-20(23)21(2,3)25-19-12-8-17(9-13-19)5-4-14-22/h6-13,22H,4-5,14-15H2,1-3H3. The summed E-state index contributed by atoms with van der Waals surface area (Å²) >= 11 is 0. The molecule has 2 aromatic carbocycles. The number of hydrogen-bond acceptors (Lipinski definition) is 4. The van der Waals surface area contributed by atoms with Crippen LogP contribution in [0, 0.1) is 6.92 Å². The zero-order valence-corrected chi connectivity index (χ0v) is 15.1. The normalized spacial score (nSPS) is 11.2. The van der Waals surface area contributed by atoms with E-state index in [0.717, 1.165) is 24.0 Å². The minimum atomic E-state index is -0.975. The number of benzene rings is 2. The van der Waals surface area contributed by atoms with Gasteiger partial charge in [0.15, 0.2) is 12.2 Å². The summed E-state index contributed by atoms with van der Waals surface area (Å²) in [5.74, 6) is 1.18. The highest BCUT2D eigenvalue weighted by atomic mass is 16.5. The zero-order valence-electron chi connectivity index (χ0n) is 15.1. The van der Waals surface area contributed by atoms with Crippen molar-refractivity contribution in [2.45, 2.75) is 39.2 Å². The number of aryl methyl sites for hydroxylation is 2. The molecule has 0 aliphatic carbocycles. The van der Waals surface area contributed by atoms with Crippen LogP contribution in [0.5, 0.6) is 11.5 Å². The number of Topliss-reactive ketones (excluding diaryl/α,β-unsaturated/α-hetero) is 1. The van der Waals surface area contributed by atoms with Crippen LogP contribution in [0.2, 0.25) is 0 Å². The van der Waals surface area contributed by atoms with Crippen LogP contribution in [0.4, 0.5) is 0 Å². The summed E-state index contributed by atoms with van der Waals surface area (Å²) in [7, 11) is 0. The third-order valence-electron chi connectivity index (χ3n) is 3.98. The maximum absolute atomic E-state index is 12.4. The predicted octanol–water partition coefficient (Wildman–Crippen LogP) is 3.73. The lowest BCUT2D eigenvalue weighted by Gasteiger charge is -2.25. The highest BCUT2D eigenvalue weighted by molar-refractivity contribution is 5.88. The summed E-state index contributed by atoms with van der Waals surface area (Å²) in [5, 5.41) is 8.87. The number of rotatable bonds is 9. The molecule has 2 aromatic rings. The molecule has 0 aliphatic heterocycles. The summed E-state index contributed by atoms with van der Waals surface area (Å²) in [6.45, 7) is 5.63. The second kappa shape index (κ2) is 8.67. The molecule has 0 bridgehead atoms. The van der Waals surface area contributed by atoms with E-state index in [0.29, 0.717) is 11.5 Å². The van der Waals surface area contributed by atoms with Crippen LogP contribution in [0.3, 0.4) is 0 Å². The molecule has 0 atom stereocenters. The minimum absolute atomic E-state index is 0.0371. The SMILES string of the molecule is Cc1ccc(OCC(=O)C(C)(C)Oc2ccc(CCCO)cc2)cc1. The summed E-state index contributed by atoms with van der Waals surface area (Å²) in [4.78, 5) is 12.4. The van der Waals surface area contributed by atoms with Crippen LogP contribution in [0.15, 0.2) is 48.5 Å². The van der Waals surface area contributed by atoms with Gasteiger partial charge in [-0.25, -0.2) is 0 Å². The average Bonchev–Trinajstić information content (AvgIpc) is 2.60. The van der Waals surface area contributed by atoms with Crippen molar-refractivity contribution in [3.8, 4) is 11.5 Å². The largest absolute Gasteiger partial charge is 0.486 e. The fourth-order valence-electron chi connectivity index (χ4n) is 2.32. The Morgan fingerprint density at radius 2 is 1.60 bits per heavy atom. The van der Waals surface area contributed by atoms with E-state index >= 15 is 0 Å². The summed E-state index contributed by atoms with van der Waals surface area (Å²) in [5.41, 5.74) is 1.30. The fourth-order valence-corrected chi connectivity index (χ4v) is 2.32. The summed E-state index contributed by atoms with van der Waals surface area (Å²) < 4.78 is 11.4. The number of carbonyl (C=O) groups is 1. The number of hydrogen-bond donors (Lipinski definition) is 1. The van der Waals surface area contributed by atoms with Crippen molar-refractivity contribution in [3.63, 3.8) is 0 Å². The third kappa shape index (κ3) is 5.91. The van der Waals surface area contributed by atoms with Gasteiger partial charge in [0.2, 0.25) is 5.78 Å². The molecule has 0 radical (unpaired) electrons. The lowest BCUT2D eigenvalue weighted by atomic mass is 10.0. The van der Waals surface area contributed by atoms with Crippen LogP contribution in [0.25, 0.3) is 0 Å². The first-order valence-electron chi connectivity index (χ1n) is 8.52. The van der Waals surface area contributed by atoms with Gasteiger partial charge >= 0.3 is 0 Å². The Balaban J connectivity index is 1.90. The first kappa shape index (κ1) is 19.0. The van der Waals surface area contributed by atoms with E-state index in [1.807, 2.05) is 55.5 Å². The molecule has 0 saturated heterocycles. The van der Waals surface area contributed by atoms with Crippen molar-refractivity contribution in [1.82, 2.24) is 0 Å². The molecule has 4 nitrogen and oxygen atoms in total. The molecular weight excluding hydrogens is 316 g/mol. The fraction of sp³-hybridized carbons (Fsp3) is 0.381. The van der Waals surface area contributed by atoms with Gasteiger partial charge in [-0.3, -0.25) is 4.79 Å². The summed E-state index contributed by atoms with van der Waals surface area (Å²) in [6, 6.07) is 15.2. The van der Waals surface area contributed by atoms with Gasteiger partial charge in [-0.2, -0.15) is 0 Å². The van der Waals surface area contributed by atoms with Gasteiger partial charge in [0.1, 0.15) is 11.5 Å². The van der Waals surface area contributed by atoms with E-state index in [9.17, 15) is 4.79 Å². The van der Waals surface area contributed by atoms with E-state index in [1.165, 1.54) is 0 Å². The number of aliphatic hydroxyl groups excluding tert-OH is 1. The Morgan fingerprint density at radius 3 is 2.20 bits per heavy atom. The molecule has 0 fully saturated rings. The van der Waals surface area contributed by atoms with E-state index in [-0.39, 0.29) is 19.0 Å². The maximum atomic E-state index is 12.4. The Labute approximate surface area is 149 Å². The van der Waals surface area contributed by atoms with E-state index in [4.69, 9.17) is 14.6 Å². The summed E-state index contributed by atoms with van der Waals surface area (Å²) in [6.07, 6.45) is 1.56. The van der Waals surface area contributed by atoms with Crippen molar-refractivity contribution in [1.29, 1.82) is 0 Å². The van der Waals surface area contributed by atoms with Crippen molar-refractivity contribution in [3.05, 3.63) is 59.7 Å². The Bertz CT molecular complexity index is 672. The minimum Gasteiger partial charge on any atom is -0.486 e. The molecular formula is C21H26O4. The molecule has 4 heteroatoms. The van der Waals surface area contributed by atoms with Gasteiger partial charge in [-0.05, 0) is 63.4 Å². The lowest BCUT2D eigenvalue weighted by Crippen LogP contribution is -2.41. The van der Waals surface area contributed by atoms with Crippen LogP contribution in [0.1, 0.15) is 31.4 Å². The quantitative estimate of drug-likeness (QED) is 0.754. The smallest absolute Gasteiger partial charge is 0.212 e. The highest BCUT2D eigenvalue weighted by Gasteiger charge is 2.30. The first-order valence-corrected chi connectivity index (χ1v) is 8.52. The van der Waals surface area contributed by atoms with Crippen LogP contribution < -0.4 is 9.47 Å². The zero-order chi connectivity index (χ0) is 18.3. The number of ether oxygens (including phenoxy) is 2. The Kier molecular flexibility index (Phi) is 6.59. The van der Waals surface area contributed by atoms with Gasteiger partial charge in [0.05, 0.1) is 0 Å². The van der Waals surface area contributed by atoms with Gasteiger partial charge < -0.3 is 14.6 Å². The van der Waals surface area contributed by atoms with Crippen molar-refractivity contribution >= 4 is 5.78 Å². The lowest BCUT2D eigenvalue weighted by molar-refractivity contribution is -0.134. The molecule has 0 amide bonds. The average molecular weight is 342 g/mol. The highest BCUT2D eigenvalue weighted by Crippen LogP contribution is 2.21. The topological polar surface area (TPSA) is 55.8 Å². The monoisotopic (exact) mass is 342 g/mol. The van der Waals surface area contributed by atoms with Crippen LogP contribution >= 0.6 is 0 Å². The second-order valence-corrected chi connectivity index (χ2v) is 6.61. The van der Waals surface area contributed by atoms with E-state index < -0.39 is 5.60 Å². The van der Waals surface area contributed by atoms with Crippen molar-refractivity contribution in [2.75, 3.05) is 13.2 Å². The van der Waals surface area contributed by atoms with Gasteiger partial charge in [0.25, 0.3) is 0 Å². The third-order valence-corrected chi connectivity index (χ3v) is 3.98. The Morgan fingerprint density at radius 1 is 1.00 bits per heavy atom. The molecule has 0 aliphatic rings. The van der Waals surface area contributed by atoms with E-state index in [2.05, 4.69) is 0 Å². The maximum Gasteiger partial charge on any atom is 0.212 e. The predicted molar refractivity (Wildman–Crippen MR) is 98.2 cm³/mol. The van der Waals surface area contributed by atoms with Gasteiger partial charge in [-0.15, -0.1) is 0 Å². The number of carbonyl (C=O) groups excluding carboxylic acids is 1. The number of ketones is 1. The van der Waals surface area contributed by atoms with Gasteiger partial charge in [0, 0.05) is 6.61 Å². The molecule has 0 spiro atoms. The molecule has 25 heavy (non-hydrogen) atoms. The second-order valence-electron chi connectivity index (χ2n) is 6.61. The Hall–Kier alpha value is -2.33. The molecule has 0 heterocycles.